The van der Waals surface area contributed by atoms with E-state index in [0.717, 1.165) is 6.54 Å². The van der Waals surface area contributed by atoms with Crippen molar-refractivity contribution in [2.45, 2.75) is 18.9 Å². The molecule has 0 amide bonds. The van der Waals surface area contributed by atoms with Gasteiger partial charge in [-0.15, -0.1) is 0 Å². The molecular weight excluding hydrogens is 246 g/mol. The van der Waals surface area contributed by atoms with Crippen LogP contribution in [-0.4, -0.2) is 45.9 Å². The molecule has 2 unspecified atom stereocenters. The second kappa shape index (κ2) is 5.41. The third-order valence-electron chi connectivity index (χ3n) is 3.07. The zero-order valence-corrected chi connectivity index (χ0v) is 10.6. The Bertz CT molecular complexity index is 530. The molecule has 7 nitrogen and oxygen atoms in total. The van der Waals surface area contributed by atoms with Crippen LogP contribution >= 0.6 is 0 Å². The highest BCUT2D eigenvalue weighted by Gasteiger charge is 2.33. The van der Waals surface area contributed by atoms with Crippen LogP contribution in [0.15, 0.2) is 23.0 Å². The molecule has 1 aliphatic rings. The lowest BCUT2D eigenvalue weighted by molar-refractivity contribution is 0.185. The molecule has 0 aromatic carbocycles. The number of likely N-dealkylation sites (N-methyl/N-ethyl adjacent to an activating group) is 1. The van der Waals surface area contributed by atoms with Crippen molar-refractivity contribution >= 4 is 0 Å². The fraction of sp³-hybridized carbons (Fsp3) is 0.500. The Hall–Kier alpha value is -1.86. The van der Waals surface area contributed by atoms with E-state index in [1.165, 1.54) is 0 Å². The number of aromatic nitrogens is 4. The van der Waals surface area contributed by atoms with Crippen molar-refractivity contribution in [1.29, 1.82) is 0 Å². The quantitative estimate of drug-likeness (QED) is 0.863. The standard InChI is InChI=1S/C12H15N5O2/c1-2-13-9-7-18-6-8(9)12-16-11(17-19-12)10-14-4-3-5-15-10/h3-5,8-9,13H,2,6-7H2,1H3. The van der Waals surface area contributed by atoms with Crippen molar-refractivity contribution in [3.05, 3.63) is 24.4 Å². The molecule has 1 aliphatic heterocycles. The van der Waals surface area contributed by atoms with E-state index in [0.29, 0.717) is 30.8 Å². The molecule has 1 N–H and O–H groups in total. The normalized spacial score (nSPS) is 22.8. The summed E-state index contributed by atoms with van der Waals surface area (Å²) in [5.41, 5.74) is 0. The van der Waals surface area contributed by atoms with E-state index in [4.69, 9.17) is 9.26 Å². The molecule has 3 rings (SSSR count). The molecular formula is C12H15N5O2. The minimum atomic E-state index is 0.0879. The third-order valence-corrected chi connectivity index (χ3v) is 3.07. The molecule has 2 atom stereocenters. The Morgan fingerprint density at radius 1 is 1.26 bits per heavy atom. The Kier molecular flexibility index (Phi) is 3.47. The molecule has 0 saturated carbocycles. The van der Waals surface area contributed by atoms with Crippen molar-refractivity contribution in [2.75, 3.05) is 19.8 Å². The highest BCUT2D eigenvalue weighted by molar-refractivity contribution is 5.40. The minimum Gasteiger partial charge on any atom is -0.379 e. The first-order valence-electron chi connectivity index (χ1n) is 6.30. The SMILES string of the molecule is CCNC1COCC1c1nc(-c2ncccn2)no1. The molecule has 0 radical (unpaired) electrons. The minimum absolute atomic E-state index is 0.0879. The summed E-state index contributed by atoms with van der Waals surface area (Å²) >= 11 is 0. The smallest absolute Gasteiger partial charge is 0.240 e. The molecule has 2 aromatic heterocycles. The lowest BCUT2D eigenvalue weighted by Crippen LogP contribution is -2.34. The number of hydrogen-bond donors (Lipinski definition) is 1. The van der Waals surface area contributed by atoms with Crippen LogP contribution in [0, 0.1) is 0 Å². The molecule has 100 valence electrons. The summed E-state index contributed by atoms with van der Waals surface area (Å²) in [4.78, 5) is 12.6. The van der Waals surface area contributed by atoms with E-state index in [2.05, 4.69) is 32.3 Å². The zero-order valence-electron chi connectivity index (χ0n) is 10.6. The molecule has 0 aliphatic carbocycles. The first-order chi connectivity index (χ1) is 9.38. The van der Waals surface area contributed by atoms with Gasteiger partial charge in [0.15, 0.2) is 0 Å². The van der Waals surface area contributed by atoms with Gasteiger partial charge in [-0.25, -0.2) is 9.97 Å². The maximum Gasteiger partial charge on any atom is 0.240 e. The fourth-order valence-electron chi connectivity index (χ4n) is 2.15. The Morgan fingerprint density at radius 2 is 2.11 bits per heavy atom. The zero-order chi connectivity index (χ0) is 13.1. The molecule has 1 fully saturated rings. The summed E-state index contributed by atoms with van der Waals surface area (Å²) in [5.74, 6) is 1.55. The van der Waals surface area contributed by atoms with Gasteiger partial charge in [-0.2, -0.15) is 4.98 Å². The Balaban J connectivity index is 1.81. The van der Waals surface area contributed by atoms with Gasteiger partial charge in [-0.1, -0.05) is 12.1 Å². The average molecular weight is 261 g/mol. The van der Waals surface area contributed by atoms with E-state index in [1.807, 2.05) is 0 Å². The fourth-order valence-corrected chi connectivity index (χ4v) is 2.15. The van der Waals surface area contributed by atoms with Gasteiger partial charge in [0.25, 0.3) is 0 Å². The maximum atomic E-state index is 5.47. The van der Waals surface area contributed by atoms with Crippen LogP contribution in [0.4, 0.5) is 0 Å². The van der Waals surface area contributed by atoms with Gasteiger partial charge in [-0.3, -0.25) is 0 Å². The number of nitrogens with one attached hydrogen (secondary N) is 1. The summed E-state index contributed by atoms with van der Waals surface area (Å²) in [6, 6.07) is 1.96. The van der Waals surface area contributed by atoms with Crippen molar-refractivity contribution < 1.29 is 9.26 Å². The van der Waals surface area contributed by atoms with Crippen LogP contribution in [0.2, 0.25) is 0 Å². The van der Waals surface area contributed by atoms with Gasteiger partial charge in [0.1, 0.15) is 0 Å². The predicted octanol–water partition coefficient (Wildman–Crippen LogP) is 0.618. The van der Waals surface area contributed by atoms with Crippen LogP contribution < -0.4 is 5.32 Å². The van der Waals surface area contributed by atoms with Crippen LogP contribution in [0.5, 0.6) is 0 Å². The molecule has 0 spiro atoms. The first kappa shape index (κ1) is 12.2. The van der Waals surface area contributed by atoms with Crippen molar-refractivity contribution in [1.82, 2.24) is 25.4 Å². The number of rotatable bonds is 4. The Morgan fingerprint density at radius 3 is 2.89 bits per heavy atom. The highest BCUT2D eigenvalue weighted by atomic mass is 16.5. The van der Waals surface area contributed by atoms with E-state index in [9.17, 15) is 0 Å². The molecule has 1 saturated heterocycles. The second-order valence-corrected chi connectivity index (χ2v) is 4.34. The van der Waals surface area contributed by atoms with E-state index in [-0.39, 0.29) is 12.0 Å². The van der Waals surface area contributed by atoms with E-state index >= 15 is 0 Å². The van der Waals surface area contributed by atoms with Crippen molar-refractivity contribution in [2.24, 2.45) is 0 Å². The number of ether oxygens (including phenoxy) is 1. The van der Waals surface area contributed by atoms with Crippen molar-refractivity contribution in [3.63, 3.8) is 0 Å². The lowest BCUT2D eigenvalue weighted by atomic mass is 10.0. The van der Waals surface area contributed by atoms with Gasteiger partial charge < -0.3 is 14.6 Å². The predicted molar refractivity (Wildman–Crippen MR) is 66.3 cm³/mol. The third kappa shape index (κ3) is 2.47. The topological polar surface area (TPSA) is 86.0 Å². The second-order valence-electron chi connectivity index (χ2n) is 4.34. The highest BCUT2D eigenvalue weighted by Crippen LogP contribution is 2.25. The number of hydrogen-bond acceptors (Lipinski definition) is 7. The first-order valence-corrected chi connectivity index (χ1v) is 6.30. The van der Waals surface area contributed by atoms with E-state index in [1.54, 1.807) is 18.5 Å². The van der Waals surface area contributed by atoms with Gasteiger partial charge in [0.05, 0.1) is 19.1 Å². The largest absolute Gasteiger partial charge is 0.379 e. The van der Waals surface area contributed by atoms with Gasteiger partial charge >= 0.3 is 0 Å². The number of nitrogens with zero attached hydrogens (tertiary/aromatic N) is 4. The summed E-state index contributed by atoms with van der Waals surface area (Å²) in [6.45, 7) is 4.20. The maximum absolute atomic E-state index is 5.47. The Labute approximate surface area is 110 Å². The molecule has 3 heterocycles. The summed E-state index contributed by atoms with van der Waals surface area (Å²) in [5, 5.41) is 7.29. The van der Waals surface area contributed by atoms with Gasteiger partial charge in [0, 0.05) is 18.4 Å². The van der Waals surface area contributed by atoms with Crippen LogP contribution in [0.25, 0.3) is 11.6 Å². The molecule has 19 heavy (non-hydrogen) atoms. The lowest BCUT2D eigenvalue weighted by Gasteiger charge is -2.13. The van der Waals surface area contributed by atoms with Crippen LogP contribution in [0.1, 0.15) is 18.7 Å². The summed E-state index contributed by atoms with van der Waals surface area (Å²) in [7, 11) is 0. The van der Waals surface area contributed by atoms with Gasteiger partial charge in [-0.05, 0) is 12.6 Å². The molecule has 7 heteroatoms. The summed E-state index contributed by atoms with van der Waals surface area (Å²) in [6.07, 6.45) is 3.30. The van der Waals surface area contributed by atoms with E-state index < -0.39 is 0 Å². The van der Waals surface area contributed by atoms with Crippen molar-refractivity contribution in [3.8, 4) is 11.6 Å². The summed E-state index contributed by atoms with van der Waals surface area (Å²) < 4.78 is 10.8. The molecule has 0 bridgehead atoms. The average Bonchev–Trinajstić information content (AvgIpc) is 3.08. The van der Waals surface area contributed by atoms with Gasteiger partial charge in [0.2, 0.25) is 17.5 Å². The monoisotopic (exact) mass is 261 g/mol. The molecule has 2 aromatic rings. The van der Waals surface area contributed by atoms with Crippen LogP contribution in [0.3, 0.4) is 0 Å². The van der Waals surface area contributed by atoms with Crippen LogP contribution in [-0.2, 0) is 4.74 Å².